The molecule has 0 saturated carbocycles. The van der Waals surface area contributed by atoms with Crippen LogP contribution in [0.2, 0.25) is 5.15 Å². The molecule has 3 rings (SSSR count). The molecule has 1 unspecified atom stereocenters. The van der Waals surface area contributed by atoms with Gasteiger partial charge in [0.2, 0.25) is 0 Å². The van der Waals surface area contributed by atoms with Crippen LogP contribution in [0.1, 0.15) is 27.8 Å². The molecule has 33 heavy (non-hydrogen) atoms. The van der Waals surface area contributed by atoms with Gasteiger partial charge in [0.25, 0.3) is 11.8 Å². The molecule has 0 aliphatic carbocycles. The summed E-state index contributed by atoms with van der Waals surface area (Å²) in [5.74, 6) is -2.66. The van der Waals surface area contributed by atoms with E-state index in [9.17, 15) is 23.5 Å². The van der Waals surface area contributed by atoms with Crippen LogP contribution in [-0.2, 0) is 0 Å². The maximum absolute atomic E-state index is 13.9. The van der Waals surface area contributed by atoms with Crippen LogP contribution >= 0.6 is 11.6 Å². The molecule has 4 N–H and O–H groups in total. The average molecular weight is 479 g/mol. The van der Waals surface area contributed by atoms with Crippen LogP contribution in [0.3, 0.4) is 0 Å². The van der Waals surface area contributed by atoms with Crippen molar-refractivity contribution in [1.82, 2.24) is 25.0 Å². The van der Waals surface area contributed by atoms with Crippen LogP contribution in [0.15, 0.2) is 42.6 Å². The Bertz CT molecular complexity index is 1180. The molecule has 1 atom stereocenters. The van der Waals surface area contributed by atoms with Crippen LogP contribution < -0.4 is 11.1 Å². The quantitative estimate of drug-likeness (QED) is 0.446. The zero-order valence-electron chi connectivity index (χ0n) is 17.7. The van der Waals surface area contributed by atoms with Gasteiger partial charge in [-0.3, -0.25) is 9.59 Å². The van der Waals surface area contributed by atoms with Gasteiger partial charge in [0.05, 0.1) is 24.0 Å². The third-order valence-corrected chi connectivity index (χ3v) is 4.90. The molecule has 0 bridgehead atoms. The highest BCUT2D eigenvalue weighted by molar-refractivity contribution is 6.29. The van der Waals surface area contributed by atoms with Crippen LogP contribution in [0.4, 0.5) is 14.6 Å². The van der Waals surface area contributed by atoms with E-state index >= 15 is 0 Å². The number of nitrogens with zero attached hydrogens (tertiary/aromatic N) is 4. The number of nitrogen functional groups attached to an aromatic ring is 1. The molecular formula is C21H21ClF2N6O3. The van der Waals surface area contributed by atoms with Gasteiger partial charge in [-0.2, -0.15) is 5.10 Å². The highest BCUT2D eigenvalue weighted by atomic mass is 35.5. The van der Waals surface area contributed by atoms with Gasteiger partial charge in [-0.15, -0.1) is 0 Å². The van der Waals surface area contributed by atoms with Crippen molar-refractivity contribution in [2.24, 2.45) is 0 Å². The van der Waals surface area contributed by atoms with Crippen molar-refractivity contribution in [3.05, 3.63) is 70.6 Å². The van der Waals surface area contributed by atoms with E-state index in [0.29, 0.717) is 5.69 Å². The van der Waals surface area contributed by atoms with Gasteiger partial charge >= 0.3 is 0 Å². The summed E-state index contributed by atoms with van der Waals surface area (Å²) in [7, 11) is 1.35. The van der Waals surface area contributed by atoms with E-state index in [-0.39, 0.29) is 29.6 Å². The monoisotopic (exact) mass is 478 g/mol. The first-order valence-electron chi connectivity index (χ1n) is 9.66. The summed E-state index contributed by atoms with van der Waals surface area (Å²) in [5, 5.41) is 17.2. The Hall–Kier alpha value is -3.57. The summed E-state index contributed by atoms with van der Waals surface area (Å²) in [6, 6.07) is 7.60. The van der Waals surface area contributed by atoms with Gasteiger partial charge in [-0.05, 0) is 43.3 Å². The van der Waals surface area contributed by atoms with Gasteiger partial charge < -0.3 is 21.1 Å². The molecule has 0 fully saturated rings. The number of hydrogen-bond donors (Lipinski definition) is 3. The maximum atomic E-state index is 13.9. The number of rotatable bonds is 7. The first kappa shape index (κ1) is 24.1. The van der Waals surface area contributed by atoms with E-state index in [1.54, 1.807) is 0 Å². The van der Waals surface area contributed by atoms with Crippen molar-refractivity contribution in [2.45, 2.75) is 12.5 Å². The second-order valence-electron chi connectivity index (χ2n) is 7.64. The Balaban J connectivity index is 1.64. The van der Waals surface area contributed by atoms with E-state index in [0.717, 1.165) is 11.0 Å². The van der Waals surface area contributed by atoms with Gasteiger partial charge in [0.1, 0.15) is 22.4 Å². The lowest BCUT2D eigenvalue weighted by atomic mass is 10.1. The Morgan fingerprint density at radius 2 is 1.91 bits per heavy atom. The van der Waals surface area contributed by atoms with Crippen molar-refractivity contribution in [2.75, 3.05) is 25.9 Å². The van der Waals surface area contributed by atoms with E-state index in [1.165, 1.54) is 55.2 Å². The molecule has 2 amide bonds. The van der Waals surface area contributed by atoms with E-state index in [1.807, 2.05) is 0 Å². The Labute approximate surface area is 192 Å². The minimum atomic E-state index is -1.57. The van der Waals surface area contributed by atoms with Gasteiger partial charge in [0, 0.05) is 13.6 Å². The van der Waals surface area contributed by atoms with Crippen molar-refractivity contribution < 1.29 is 23.5 Å². The first-order chi connectivity index (χ1) is 15.5. The molecule has 3 aromatic rings. The first-order valence-corrected chi connectivity index (χ1v) is 10.0. The van der Waals surface area contributed by atoms with Crippen LogP contribution in [-0.4, -0.2) is 62.3 Å². The normalized spacial score (nSPS) is 12.8. The molecule has 12 heteroatoms. The highest BCUT2D eigenvalue weighted by Crippen LogP contribution is 2.18. The smallest absolute Gasteiger partial charge is 0.275 e. The number of nitrogens with one attached hydrogen (secondary N) is 1. The lowest BCUT2D eigenvalue weighted by molar-refractivity contribution is 0.0238. The molecule has 2 heterocycles. The molecular weight excluding hydrogens is 458 g/mol. The van der Waals surface area contributed by atoms with Crippen LogP contribution in [0.5, 0.6) is 0 Å². The highest BCUT2D eigenvalue weighted by Gasteiger charge is 2.28. The second-order valence-corrected chi connectivity index (χ2v) is 8.02. The number of pyridine rings is 1. The Morgan fingerprint density at radius 1 is 1.24 bits per heavy atom. The molecule has 0 aliphatic rings. The Morgan fingerprint density at radius 3 is 2.58 bits per heavy atom. The number of hydrogen-bond acceptors (Lipinski definition) is 6. The standard InChI is InChI=1S/C21H21ClF2N6O3/c1-21(33,11-29(2)20(32)17-15(24)7-8-16(22)28-17)10-26-19(31)14-9-27-30(18(14)25)13-5-3-12(23)4-6-13/h3-9,33H,10-11,25H2,1-2H3,(H,26,31). The van der Waals surface area contributed by atoms with E-state index in [2.05, 4.69) is 15.4 Å². The third-order valence-electron chi connectivity index (χ3n) is 4.69. The molecule has 0 saturated heterocycles. The molecule has 2 aromatic heterocycles. The van der Waals surface area contributed by atoms with Gasteiger partial charge in [-0.25, -0.2) is 18.4 Å². The summed E-state index contributed by atoms with van der Waals surface area (Å²) in [6.07, 6.45) is 1.24. The molecule has 174 valence electrons. The zero-order valence-corrected chi connectivity index (χ0v) is 18.5. The number of aliphatic hydroxyl groups is 1. The van der Waals surface area contributed by atoms with E-state index < -0.39 is 34.7 Å². The fourth-order valence-electron chi connectivity index (χ4n) is 3.07. The van der Waals surface area contributed by atoms with Crippen molar-refractivity contribution >= 4 is 29.2 Å². The molecule has 9 nitrogen and oxygen atoms in total. The predicted octanol–water partition coefficient (Wildman–Crippen LogP) is 2.03. The van der Waals surface area contributed by atoms with Gasteiger partial charge in [-0.1, -0.05) is 11.6 Å². The second kappa shape index (κ2) is 9.51. The van der Waals surface area contributed by atoms with Crippen LogP contribution in [0.25, 0.3) is 5.69 Å². The summed E-state index contributed by atoms with van der Waals surface area (Å²) >= 11 is 5.72. The number of nitrogens with two attached hydrogens (primary N) is 1. The van der Waals surface area contributed by atoms with Crippen molar-refractivity contribution in [3.63, 3.8) is 0 Å². The topological polar surface area (TPSA) is 126 Å². The number of anilines is 1. The number of aromatic nitrogens is 3. The average Bonchev–Trinajstić information content (AvgIpc) is 3.15. The predicted molar refractivity (Wildman–Crippen MR) is 117 cm³/mol. The minimum absolute atomic E-state index is 0.0218. The van der Waals surface area contributed by atoms with Gasteiger partial charge in [0.15, 0.2) is 11.5 Å². The SMILES string of the molecule is CN(CC(C)(O)CNC(=O)c1cnn(-c2ccc(F)cc2)c1N)C(=O)c1nc(Cl)ccc1F. The number of likely N-dealkylation sites (N-methyl/N-ethyl adjacent to an activating group) is 1. The fourth-order valence-corrected chi connectivity index (χ4v) is 3.22. The number of benzene rings is 1. The summed E-state index contributed by atoms with van der Waals surface area (Å²) in [5.41, 5.74) is 4.46. The Kier molecular flexibility index (Phi) is 6.94. The molecule has 1 aromatic carbocycles. The summed E-state index contributed by atoms with van der Waals surface area (Å²) in [6.45, 7) is 0.893. The van der Waals surface area contributed by atoms with Crippen molar-refractivity contribution in [1.29, 1.82) is 0 Å². The summed E-state index contributed by atoms with van der Waals surface area (Å²) < 4.78 is 28.3. The largest absolute Gasteiger partial charge is 0.386 e. The molecule has 0 aliphatic heterocycles. The third kappa shape index (κ3) is 5.62. The number of amides is 2. The number of carbonyl (C=O) groups excluding carboxylic acids is 2. The number of carbonyl (C=O) groups is 2. The molecule has 0 spiro atoms. The maximum Gasteiger partial charge on any atom is 0.275 e. The fraction of sp³-hybridized carbons (Fsp3) is 0.238. The zero-order chi connectivity index (χ0) is 24.3. The number of halogens is 3. The van der Waals surface area contributed by atoms with Crippen molar-refractivity contribution in [3.8, 4) is 5.69 Å². The lowest BCUT2D eigenvalue weighted by Gasteiger charge is -2.29. The van der Waals surface area contributed by atoms with Crippen LogP contribution in [0, 0.1) is 11.6 Å². The lowest BCUT2D eigenvalue weighted by Crippen LogP contribution is -2.49. The van der Waals surface area contributed by atoms with E-state index in [4.69, 9.17) is 17.3 Å². The summed E-state index contributed by atoms with van der Waals surface area (Å²) in [4.78, 5) is 29.8. The molecule has 0 radical (unpaired) electrons. The minimum Gasteiger partial charge on any atom is -0.386 e.